The molecule has 0 aromatic carbocycles. The molecule has 112 valence electrons. The molecule has 1 N–H and O–H groups in total. The van der Waals surface area contributed by atoms with Gasteiger partial charge >= 0.3 is 5.97 Å². The molecule has 1 aliphatic rings. The second-order valence-electron chi connectivity index (χ2n) is 4.56. The minimum atomic E-state index is -0.864. The van der Waals surface area contributed by atoms with Crippen molar-refractivity contribution in [2.45, 2.75) is 37.1 Å². The van der Waals surface area contributed by atoms with Crippen LogP contribution in [0.25, 0.3) is 0 Å². The molecule has 7 nitrogen and oxygen atoms in total. The average Bonchev–Trinajstić information content (AvgIpc) is 3.05. The van der Waals surface area contributed by atoms with Crippen molar-refractivity contribution in [2.24, 2.45) is 0 Å². The largest absolute Gasteiger partial charge is 0.481 e. The molecule has 20 heavy (non-hydrogen) atoms. The van der Waals surface area contributed by atoms with Crippen LogP contribution in [-0.4, -0.2) is 58.0 Å². The van der Waals surface area contributed by atoms with E-state index in [4.69, 9.17) is 14.6 Å². The highest BCUT2D eigenvalue weighted by molar-refractivity contribution is 7.99. The molecule has 1 aromatic heterocycles. The Bertz CT molecular complexity index is 446. The average molecular weight is 301 g/mol. The maximum absolute atomic E-state index is 10.7. The number of thioether (sulfide) groups is 1. The Kier molecular flexibility index (Phi) is 5.81. The van der Waals surface area contributed by atoms with Crippen LogP contribution in [0.15, 0.2) is 5.16 Å². The molecule has 8 heteroatoms. The van der Waals surface area contributed by atoms with Crippen molar-refractivity contribution < 1.29 is 19.4 Å². The fraction of sp³-hybridized carbons (Fsp3) is 0.750. The second-order valence-corrected chi connectivity index (χ2v) is 5.51. The molecule has 0 saturated carbocycles. The molecule has 2 heterocycles. The highest BCUT2D eigenvalue weighted by atomic mass is 32.2. The summed E-state index contributed by atoms with van der Waals surface area (Å²) in [6.07, 6.45) is 3.02. The van der Waals surface area contributed by atoms with E-state index in [0.29, 0.717) is 24.7 Å². The van der Waals surface area contributed by atoms with Crippen LogP contribution in [0.4, 0.5) is 0 Å². The number of aliphatic carboxylic acids is 1. The van der Waals surface area contributed by atoms with Crippen LogP contribution in [0.5, 0.6) is 0 Å². The zero-order chi connectivity index (χ0) is 14.4. The lowest BCUT2D eigenvalue weighted by Crippen LogP contribution is -2.16. The maximum Gasteiger partial charge on any atom is 0.313 e. The number of rotatable bonds is 8. The first kappa shape index (κ1) is 15.3. The molecule has 0 bridgehead atoms. The number of hydrogen-bond donors (Lipinski definition) is 1. The van der Waals surface area contributed by atoms with E-state index in [1.807, 2.05) is 4.57 Å². The summed E-state index contributed by atoms with van der Waals surface area (Å²) in [4.78, 5) is 10.7. The molecular formula is C12H19N3O4S. The lowest BCUT2D eigenvalue weighted by Gasteiger charge is -2.12. The zero-order valence-corrected chi connectivity index (χ0v) is 12.3. The molecule has 1 aliphatic heterocycles. The van der Waals surface area contributed by atoms with E-state index >= 15 is 0 Å². The first-order valence-electron chi connectivity index (χ1n) is 6.58. The molecule has 1 fully saturated rings. The number of carboxylic acids is 1. The maximum atomic E-state index is 10.7. The van der Waals surface area contributed by atoms with Gasteiger partial charge in [-0.3, -0.25) is 4.79 Å². The normalized spacial score (nSPS) is 18.6. The Balaban J connectivity index is 2.06. The molecule has 1 saturated heterocycles. The molecule has 1 atom stereocenters. The standard InChI is InChI=1S/C12H19N3O4S/c1-18-6-4-15-10(7-9-3-2-5-19-9)13-14-12(15)20-8-11(16)17/h9H,2-8H2,1H3,(H,16,17). The Morgan fingerprint density at radius 2 is 2.45 bits per heavy atom. The first-order valence-corrected chi connectivity index (χ1v) is 7.56. The van der Waals surface area contributed by atoms with Gasteiger partial charge in [-0.1, -0.05) is 11.8 Å². The van der Waals surface area contributed by atoms with Crippen LogP contribution in [-0.2, 0) is 27.2 Å². The smallest absolute Gasteiger partial charge is 0.313 e. The zero-order valence-electron chi connectivity index (χ0n) is 11.4. The summed E-state index contributed by atoms with van der Waals surface area (Å²) < 4.78 is 12.6. The number of methoxy groups -OCH3 is 1. The summed E-state index contributed by atoms with van der Waals surface area (Å²) in [5, 5.41) is 17.6. The van der Waals surface area contributed by atoms with Gasteiger partial charge in [0.1, 0.15) is 5.82 Å². The Morgan fingerprint density at radius 1 is 1.60 bits per heavy atom. The summed E-state index contributed by atoms with van der Waals surface area (Å²) in [6.45, 7) is 1.96. The number of aromatic nitrogens is 3. The summed E-state index contributed by atoms with van der Waals surface area (Å²) in [5.74, 6) is -0.0517. The third-order valence-electron chi connectivity index (χ3n) is 3.07. The molecule has 0 aliphatic carbocycles. The molecule has 0 spiro atoms. The van der Waals surface area contributed by atoms with Crippen LogP contribution < -0.4 is 0 Å². The van der Waals surface area contributed by atoms with E-state index in [1.54, 1.807) is 7.11 Å². The molecular weight excluding hydrogens is 282 g/mol. The molecule has 2 rings (SSSR count). The predicted octanol–water partition coefficient (Wildman–Crippen LogP) is 0.823. The molecule has 1 unspecified atom stereocenters. The first-order chi connectivity index (χ1) is 9.70. The van der Waals surface area contributed by atoms with Crippen molar-refractivity contribution in [3.05, 3.63) is 5.82 Å². The number of nitrogens with zero attached hydrogens (tertiary/aromatic N) is 3. The van der Waals surface area contributed by atoms with Gasteiger partial charge in [-0.05, 0) is 12.8 Å². The quantitative estimate of drug-likeness (QED) is 0.711. The Hall–Kier alpha value is -1.12. The number of carbonyl (C=O) groups is 1. The monoisotopic (exact) mass is 301 g/mol. The van der Waals surface area contributed by atoms with Crippen LogP contribution >= 0.6 is 11.8 Å². The summed E-state index contributed by atoms with van der Waals surface area (Å²) in [7, 11) is 1.63. The minimum absolute atomic E-state index is 0.0228. The lowest BCUT2D eigenvalue weighted by molar-refractivity contribution is -0.133. The van der Waals surface area contributed by atoms with Crippen molar-refractivity contribution >= 4 is 17.7 Å². The van der Waals surface area contributed by atoms with Crippen molar-refractivity contribution in [3.63, 3.8) is 0 Å². The van der Waals surface area contributed by atoms with E-state index < -0.39 is 5.97 Å². The van der Waals surface area contributed by atoms with Gasteiger partial charge < -0.3 is 19.1 Å². The van der Waals surface area contributed by atoms with Crippen LogP contribution in [0.3, 0.4) is 0 Å². The van der Waals surface area contributed by atoms with Crippen LogP contribution in [0.1, 0.15) is 18.7 Å². The lowest BCUT2D eigenvalue weighted by atomic mass is 10.2. The number of ether oxygens (including phenoxy) is 2. The fourth-order valence-electron chi connectivity index (χ4n) is 2.12. The highest BCUT2D eigenvalue weighted by Crippen LogP contribution is 2.21. The summed E-state index contributed by atoms with van der Waals surface area (Å²) in [6, 6.07) is 0. The van der Waals surface area contributed by atoms with Gasteiger partial charge in [0.05, 0.1) is 18.5 Å². The van der Waals surface area contributed by atoms with Crippen molar-refractivity contribution in [3.8, 4) is 0 Å². The van der Waals surface area contributed by atoms with E-state index in [1.165, 1.54) is 11.8 Å². The SMILES string of the molecule is COCCn1c(CC2CCCO2)nnc1SCC(=O)O. The summed E-state index contributed by atoms with van der Waals surface area (Å²) >= 11 is 1.18. The molecule has 0 radical (unpaired) electrons. The molecule has 0 amide bonds. The fourth-order valence-corrected chi connectivity index (χ4v) is 2.82. The van der Waals surface area contributed by atoms with Crippen LogP contribution in [0, 0.1) is 0 Å². The third kappa shape index (κ3) is 4.19. The second kappa shape index (κ2) is 7.61. The highest BCUT2D eigenvalue weighted by Gasteiger charge is 2.21. The van der Waals surface area contributed by atoms with Gasteiger partial charge in [-0.25, -0.2) is 0 Å². The molecule has 1 aromatic rings. The predicted molar refractivity (Wildman–Crippen MR) is 72.9 cm³/mol. The Morgan fingerprint density at radius 3 is 3.10 bits per heavy atom. The van der Waals surface area contributed by atoms with Gasteiger partial charge in [0.15, 0.2) is 5.16 Å². The van der Waals surface area contributed by atoms with Gasteiger partial charge in [-0.15, -0.1) is 10.2 Å². The summed E-state index contributed by atoms with van der Waals surface area (Å²) in [5.41, 5.74) is 0. The van der Waals surface area contributed by atoms with E-state index in [-0.39, 0.29) is 11.9 Å². The van der Waals surface area contributed by atoms with E-state index in [2.05, 4.69) is 10.2 Å². The van der Waals surface area contributed by atoms with E-state index in [9.17, 15) is 4.79 Å². The van der Waals surface area contributed by atoms with Crippen molar-refractivity contribution in [1.29, 1.82) is 0 Å². The van der Waals surface area contributed by atoms with Crippen LogP contribution in [0.2, 0.25) is 0 Å². The number of carboxylic acid groups (broad SMARTS) is 1. The Labute approximate surface area is 121 Å². The van der Waals surface area contributed by atoms with Crippen molar-refractivity contribution in [1.82, 2.24) is 14.8 Å². The van der Waals surface area contributed by atoms with Gasteiger partial charge in [0, 0.05) is 26.7 Å². The van der Waals surface area contributed by atoms with Gasteiger partial charge in [0.2, 0.25) is 0 Å². The van der Waals surface area contributed by atoms with Gasteiger partial charge in [-0.2, -0.15) is 0 Å². The minimum Gasteiger partial charge on any atom is -0.481 e. The van der Waals surface area contributed by atoms with Gasteiger partial charge in [0.25, 0.3) is 0 Å². The van der Waals surface area contributed by atoms with E-state index in [0.717, 1.165) is 25.3 Å². The number of hydrogen-bond acceptors (Lipinski definition) is 6. The topological polar surface area (TPSA) is 86.5 Å². The third-order valence-corrected chi connectivity index (χ3v) is 4.02. The van der Waals surface area contributed by atoms with Crippen molar-refractivity contribution in [2.75, 3.05) is 26.1 Å².